The lowest BCUT2D eigenvalue weighted by molar-refractivity contribution is 0.373. The molecule has 3 N–H and O–H groups in total. The van der Waals surface area contributed by atoms with Gasteiger partial charge >= 0.3 is 0 Å². The molecule has 0 saturated carbocycles. The Hall–Kier alpha value is -3.09. The maximum Gasteiger partial charge on any atom is 0.276 e. The minimum atomic E-state index is 0.0465. The third-order valence-corrected chi connectivity index (χ3v) is 2.87. The number of nitrogen functional groups attached to an aromatic ring is 1. The van der Waals surface area contributed by atoms with Crippen LogP contribution in [0.2, 0.25) is 0 Å². The quantitative estimate of drug-likeness (QED) is 0.758. The molecule has 7 nitrogen and oxygen atoms in total. The number of pyridine rings is 1. The first-order chi connectivity index (χ1) is 10.2. The van der Waals surface area contributed by atoms with Gasteiger partial charge in [0, 0.05) is 5.56 Å². The zero-order chi connectivity index (χ0) is 14.8. The van der Waals surface area contributed by atoms with Crippen molar-refractivity contribution in [3.05, 3.63) is 36.5 Å². The number of ether oxygens (including phenoxy) is 1. The van der Waals surface area contributed by atoms with E-state index in [1.165, 1.54) is 19.4 Å². The first-order valence-corrected chi connectivity index (χ1v) is 6.10. The molecule has 0 saturated heterocycles. The van der Waals surface area contributed by atoms with Gasteiger partial charge in [0.2, 0.25) is 5.82 Å². The van der Waals surface area contributed by atoms with Gasteiger partial charge in [0.25, 0.3) is 5.89 Å². The Labute approximate surface area is 120 Å². The summed E-state index contributed by atoms with van der Waals surface area (Å²) in [6, 6.07) is 8.20. The molecule has 0 aliphatic heterocycles. The van der Waals surface area contributed by atoms with Crippen LogP contribution in [0.3, 0.4) is 0 Å². The van der Waals surface area contributed by atoms with E-state index in [2.05, 4.69) is 15.1 Å². The number of methoxy groups -OCH3 is 1. The van der Waals surface area contributed by atoms with Crippen LogP contribution in [0.4, 0.5) is 5.69 Å². The highest BCUT2D eigenvalue weighted by molar-refractivity contribution is 5.62. The van der Waals surface area contributed by atoms with Gasteiger partial charge in [-0.25, -0.2) is 4.98 Å². The molecule has 0 radical (unpaired) electrons. The van der Waals surface area contributed by atoms with E-state index in [0.29, 0.717) is 28.5 Å². The van der Waals surface area contributed by atoms with Crippen molar-refractivity contribution in [2.75, 3.05) is 12.8 Å². The Balaban J connectivity index is 1.96. The molecule has 1 aromatic carbocycles. The van der Waals surface area contributed by atoms with Crippen molar-refractivity contribution in [2.45, 2.75) is 0 Å². The van der Waals surface area contributed by atoms with E-state index in [4.69, 9.17) is 15.0 Å². The van der Waals surface area contributed by atoms with Gasteiger partial charge < -0.3 is 20.1 Å². The molecule has 106 valence electrons. The molecule has 0 atom stereocenters. The predicted molar refractivity (Wildman–Crippen MR) is 75.6 cm³/mol. The zero-order valence-corrected chi connectivity index (χ0v) is 11.1. The fraction of sp³-hybridized carbons (Fsp3) is 0.0714. The van der Waals surface area contributed by atoms with Crippen LogP contribution in [0, 0.1) is 0 Å². The van der Waals surface area contributed by atoms with Crippen LogP contribution in [0.15, 0.2) is 41.1 Å². The summed E-state index contributed by atoms with van der Waals surface area (Å²) in [4.78, 5) is 8.38. The number of aromatic nitrogens is 3. The van der Waals surface area contributed by atoms with E-state index < -0.39 is 0 Å². The second kappa shape index (κ2) is 5.12. The summed E-state index contributed by atoms with van der Waals surface area (Å²) < 4.78 is 10.2. The molecule has 0 unspecified atom stereocenters. The minimum absolute atomic E-state index is 0.0465. The van der Waals surface area contributed by atoms with E-state index in [0.717, 1.165) is 0 Å². The number of phenolic OH excluding ortho intramolecular Hbond substituents is 1. The Morgan fingerprint density at radius 1 is 1.24 bits per heavy atom. The Kier molecular flexibility index (Phi) is 3.15. The monoisotopic (exact) mass is 284 g/mol. The summed E-state index contributed by atoms with van der Waals surface area (Å²) in [5, 5.41) is 13.5. The average Bonchev–Trinajstić information content (AvgIpc) is 2.98. The lowest BCUT2D eigenvalue weighted by Crippen LogP contribution is -1.88. The third kappa shape index (κ3) is 2.48. The number of nitrogens with two attached hydrogens (primary N) is 1. The topological polar surface area (TPSA) is 107 Å². The second-order valence-corrected chi connectivity index (χ2v) is 4.29. The van der Waals surface area contributed by atoms with Gasteiger partial charge in [-0.05, 0) is 30.3 Å². The van der Waals surface area contributed by atoms with Gasteiger partial charge in [-0.15, -0.1) is 0 Å². The van der Waals surface area contributed by atoms with Crippen molar-refractivity contribution in [3.8, 4) is 34.5 Å². The largest absolute Gasteiger partial charge is 0.504 e. The van der Waals surface area contributed by atoms with Crippen LogP contribution in [-0.2, 0) is 0 Å². The molecule has 0 fully saturated rings. The van der Waals surface area contributed by atoms with Gasteiger partial charge in [-0.2, -0.15) is 4.98 Å². The van der Waals surface area contributed by atoms with Crippen molar-refractivity contribution in [2.24, 2.45) is 0 Å². The maximum atomic E-state index is 9.58. The lowest BCUT2D eigenvalue weighted by atomic mass is 10.2. The van der Waals surface area contributed by atoms with Gasteiger partial charge in [-0.1, -0.05) is 5.16 Å². The SMILES string of the molecule is COc1cc(-c2noc(-c3ccc(N)cn3)n2)ccc1O. The van der Waals surface area contributed by atoms with Crippen molar-refractivity contribution in [3.63, 3.8) is 0 Å². The Morgan fingerprint density at radius 3 is 2.81 bits per heavy atom. The molecule has 0 amide bonds. The van der Waals surface area contributed by atoms with Crippen LogP contribution in [0.25, 0.3) is 23.0 Å². The molecule has 0 spiro atoms. The number of aromatic hydroxyl groups is 1. The van der Waals surface area contributed by atoms with Crippen molar-refractivity contribution < 1.29 is 14.4 Å². The van der Waals surface area contributed by atoms with Gasteiger partial charge in [0.1, 0.15) is 5.69 Å². The summed E-state index contributed by atoms with van der Waals surface area (Å²) in [7, 11) is 1.47. The van der Waals surface area contributed by atoms with Crippen LogP contribution in [-0.4, -0.2) is 27.3 Å². The number of rotatable bonds is 3. The number of anilines is 1. The molecule has 3 rings (SSSR count). The van der Waals surface area contributed by atoms with Crippen molar-refractivity contribution in [1.29, 1.82) is 0 Å². The average molecular weight is 284 g/mol. The number of hydrogen-bond acceptors (Lipinski definition) is 7. The number of phenols is 1. The maximum absolute atomic E-state index is 9.58. The van der Waals surface area contributed by atoms with E-state index >= 15 is 0 Å². The Morgan fingerprint density at radius 2 is 2.10 bits per heavy atom. The minimum Gasteiger partial charge on any atom is -0.504 e. The van der Waals surface area contributed by atoms with Crippen molar-refractivity contribution >= 4 is 5.69 Å². The molecular formula is C14H12N4O3. The summed E-state index contributed by atoms with van der Waals surface area (Å²) >= 11 is 0. The Bertz CT molecular complexity index is 768. The molecule has 21 heavy (non-hydrogen) atoms. The van der Waals surface area contributed by atoms with Crippen LogP contribution >= 0.6 is 0 Å². The summed E-state index contributed by atoms with van der Waals surface area (Å²) in [6.07, 6.45) is 1.52. The molecular weight excluding hydrogens is 272 g/mol. The smallest absolute Gasteiger partial charge is 0.276 e. The highest BCUT2D eigenvalue weighted by Crippen LogP contribution is 2.30. The van der Waals surface area contributed by atoms with E-state index in [1.807, 2.05) is 0 Å². The highest BCUT2D eigenvalue weighted by atomic mass is 16.5. The first kappa shape index (κ1) is 12.9. The van der Waals surface area contributed by atoms with Crippen LogP contribution in [0.1, 0.15) is 0 Å². The standard InChI is InChI=1S/C14H12N4O3/c1-20-12-6-8(2-5-11(12)19)13-17-14(21-18-13)10-4-3-9(15)7-16-10/h2-7,19H,15H2,1H3. The summed E-state index contributed by atoms with van der Waals surface area (Å²) in [5.74, 6) is 1.05. The zero-order valence-electron chi connectivity index (χ0n) is 11.1. The van der Waals surface area contributed by atoms with E-state index in [1.54, 1.807) is 24.3 Å². The molecule has 0 aliphatic carbocycles. The van der Waals surface area contributed by atoms with Gasteiger partial charge in [-0.3, -0.25) is 0 Å². The second-order valence-electron chi connectivity index (χ2n) is 4.29. The van der Waals surface area contributed by atoms with Crippen LogP contribution < -0.4 is 10.5 Å². The van der Waals surface area contributed by atoms with E-state index in [9.17, 15) is 5.11 Å². The van der Waals surface area contributed by atoms with Crippen molar-refractivity contribution in [1.82, 2.24) is 15.1 Å². The fourth-order valence-electron chi connectivity index (χ4n) is 1.79. The molecule has 2 aromatic heterocycles. The third-order valence-electron chi connectivity index (χ3n) is 2.87. The number of nitrogens with zero attached hydrogens (tertiary/aromatic N) is 3. The lowest BCUT2D eigenvalue weighted by Gasteiger charge is -2.03. The van der Waals surface area contributed by atoms with Gasteiger partial charge in [0.15, 0.2) is 11.5 Å². The molecule has 7 heteroatoms. The van der Waals surface area contributed by atoms with E-state index in [-0.39, 0.29) is 11.6 Å². The van der Waals surface area contributed by atoms with Crippen LogP contribution in [0.5, 0.6) is 11.5 Å². The molecule has 3 aromatic rings. The fourth-order valence-corrected chi connectivity index (χ4v) is 1.79. The predicted octanol–water partition coefficient (Wildman–Crippen LogP) is 2.10. The molecule has 0 aliphatic rings. The summed E-state index contributed by atoms with van der Waals surface area (Å²) in [5.41, 5.74) is 7.34. The van der Waals surface area contributed by atoms with Gasteiger partial charge in [0.05, 0.1) is 19.0 Å². The highest BCUT2D eigenvalue weighted by Gasteiger charge is 2.13. The molecule has 0 bridgehead atoms. The summed E-state index contributed by atoms with van der Waals surface area (Å²) in [6.45, 7) is 0. The normalized spacial score (nSPS) is 10.5. The number of benzene rings is 1. The molecule has 2 heterocycles. The first-order valence-electron chi connectivity index (χ1n) is 6.10. The number of hydrogen-bond donors (Lipinski definition) is 2.